The Morgan fingerprint density at radius 2 is 2.11 bits per heavy atom. The van der Waals surface area contributed by atoms with Crippen molar-refractivity contribution in [3.05, 3.63) is 47.5 Å². The molecule has 0 aliphatic carbocycles. The molecule has 1 aromatic carbocycles. The molecule has 92 valence electrons. The number of aldehydes is 1. The van der Waals surface area contributed by atoms with Crippen molar-refractivity contribution >= 4 is 12.2 Å². The molecule has 1 heterocycles. The van der Waals surface area contributed by atoms with Crippen molar-refractivity contribution in [2.24, 2.45) is 0 Å². The third-order valence-electron chi connectivity index (χ3n) is 2.46. The van der Waals surface area contributed by atoms with E-state index < -0.39 is 5.82 Å². The van der Waals surface area contributed by atoms with Crippen LogP contribution in [0, 0.1) is 5.82 Å². The molecule has 0 radical (unpaired) electrons. The average molecular weight is 247 g/mol. The van der Waals surface area contributed by atoms with Crippen molar-refractivity contribution in [1.82, 2.24) is 5.32 Å². The minimum Gasteiger partial charge on any atom is -0.453 e. The van der Waals surface area contributed by atoms with Crippen LogP contribution in [-0.2, 0) is 0 Å². The van der Waals surface area contributed by atoms with Crippen molar-refractivity contribution in [2.75, 3.05) is 7.05 Å². The number of halogens is 1. The summed E-state index contributed by atoms with van der Waals surface area (Å²) in [7, 11) is 1.49. The molecule has 0 spiro atoms. The van der Waals surface area contributed by atoms with E-state index in [1.807, 2.05) is 0 Å². The quantitative estimate of drug-likeness (QED) is 0.846. The minimum absolute atomic E-state index is 0.106. The maximum absolute atomic E-state index is 13.7. The fraction of sp³-hybridized carbons (Fsp3) is 0.0769. The summed E-state index contributed by atoms with van der Waals surface area (Å²) >= 11 is 0. The molecule has 0 aliphatic rings. The highest BCUT2D eigenvalue weighted by molar-refractivity contribution is 5.95. The third-order valence-corrected chi connectivity index (χ3v) is 2.46. The molecule has 1 aromatic heterocycles. The smallest absolute Gasteiger partial charge is 0.251 e. The lowest BCUT2D eigenvalue weighted by atomic mass is 10.1. The van der Waals surface area contributed by atoms with Gasteiger partial charge in [0.15, 0.2) is 12.0 Å². The molecule has 0 aliphatic heterocycles. The number of carbonyl (C=O) groups excluding carboxylic acids is 2. The highest BCUT2D eigenvalue weighted by Crippen LogP contribution is 2.25. The first-order valence-electron chi connectivity index (χ1n) is 5.22. The van der Waals surface area contributed by atoms with E-state index in [9.17, 15) is 14.0 Å². The van der Waals surface area contributed by atoms with Crippen LogP contribution in [0.4, 0.5) is 4.39 Å². The Hall–Kier alpha value is -2.43. The van der Waals surface area contributed by atoms with Gasteiger partial charge in [0.25, 0.3) is 5.91 Å². The normalized spacial score (nSPS) is 10.1. The van der Waals surface area contributed by atoms with Crippen molar-refractivity contribution in [1.29, 1.82) is 0 Å². The second-order valence-corrected chi connectivity index (χ2v) is 3.59. The fourth-order valence-electron chi connectivity index (χ4n) is 1.56. The van der Waals surface area contributed by atoms with Gasteiger partial charge in [-0.05, 0) is 30.3 Å². The van der Waals surface area contributed by atoms with Crippen LogP contribution in [0.1, 0.15) is 20.9 Å². The lowest BCUT2D eigenvalue weighted by Crippen LogP contribution is -2.17. The molecule has 0 atom stereocenters. The van der Waals surface area contributed by atoms with Gasteiger partial charge in [0.1, 0.15) is 11.6 Å². The maximum atomic E-state index is 13.7. The van der Waals surface area contributed by atoms with E-state index in [0.29, 0.717) is 11.8 Å². The van der Waals surface area contributed by atoms with Crippen LogP contribution in [0.2, 0.25) is 0 Å². The highest BCUT2D eigenvalue weighted by atomic mass is 19.1. The first-order valence-corrected chi connectivity index (χ1v) is 5.22. The number of amides is 1. The van der Waals surface area contributed by atoms with Crippen molar-refractivity contribution < 1.29 is 18.4 Å². The summed E-state index contributed by atoms with van der Waals surface area (Å²) in [5, 5.41) is 2.45. The summed E-state index contributed by atoms with van der Waals surface area (Å²) < 4.78 is 18.8. The van der Waals surface area contributed by atoms with Gasteiger partial charge in [0.2, 0.25) is 0 Å². The summed E-state index contributed by atoms with van der Waals surface area (Å²) in [6, 6.07) is 6.86. The topological polar surface area (TPSA) is 59.3 Å². The van der Waals surface area contributed by atoms with Crippen molar-refractivity contribution in [2.45, 2.75) is 0 Å². The Balaban J connectivity index is 2.49. The number of carbonyl (C=O) groups is 2. The molecule has 0 fully saturated rings. The number of rotatable bonds is 3. The van der Waals surface area contributed by atoms with Crippen LogP contribution in [-0.4, -0.2) is 19.2 Å². The Bertz CT molecular complexity index is 604. The number of hydrogen-bond donors (Lipinski definition) is 1. The van der Waals surface area contributed by atoms with Crippen LogP contribution in [0.3, 0.4) is 0 Å². The van der Waals surface area contributed by atoms with Gasteiger partial charge < -0.3 is 9.73 Å². The second-order valence-electron chi connectivity index (χ2n) is 3.59. The number of furan rings is 1. The second kappa shape index (κ2) is 4.83. The summed E-state index contributed by atoms with van der Waals surface area (Å²) in [6.07, 6.45) is 0.532. The van der Waals surface area contributed by atoms with Crippen molar-refractivity contribution in [3.8, 4) is 11.3 Å². The van der Waals surface area contributed by atoms with E-state index in [4.69, 9.17) is 4.42 Å². The average Bonchev–Trinajstić information content (AvgIpc) is 2.87. The summed E-state index contributed by atoms with van der Waals surface area (Å²) in [4.78, 5) is 22.0. The molecule has 0 unspecified atom stereocenters. The minimum atomic E-state index is -0.519. The molecule has 18 heavy (non-hydrogen) atoms. The fourth-order valence-corrected chi connectivity index (χ4v) is 1.56. The molecular weight excluding hydrogens is 237 g/mol. The van der Waals surface area contributed by atoms with Crippen molar-refractivity contribution in [3.63, 3.8) is 0 Å². The Morgan fingerprint density at radius 1 is 1.33 bits per heavy atom. The number of benzene rings is 1. The molecule has 2 aromatic rings. The molecule has 2 rings (SSSR count). The number of hydrogen-bond acceptors (Lipinski definition) is 3. The van der Waals surface area contributed by atoms with E-state index in [-0.39, 0.29) is 23.0 Å². The Labute approximate surface area is 102 Å². The van der Waals surface area contributed by atoms with Gasteiger partial charge in [-0.15, -0.1) is 0 Å². The van der Waals surface area contributed by atoms with E-state index in [1.54, 1.807) is 0 Å². The van der Waals surface area contributed by atoms with Crippen LogP contribution >= 0.6 is 0 Å². The standard InChI is InChI=1S/C13H10FNO3/c1-15-13(17)8-2-4-11(14)10(6-8)12-5-3-9(7-16)18-12/h2-7H,1H3,(H,15,17). The molecule has 1 N–H and O–H groups in total. The largest absolute Gasteiger partial charge is 0.453 e. The predicted molar refractivity (Wildman–Crippen MR) is 62.9 cm³/mol. The predicted octanol–water partition coefficient (Wildman–Crippen LogP) is 2.26. The lowest BCUT2D eigenvalue weighted by Gasteiger charge is -2.03. The zero-order valence-corrected chi connectivity index (χ0v) is 9.57. The van der Waals surface area contributed by atoms with Crippen LogP contribution in [0.25, 0.3) is 11.3 Å². The third kappa shape index (κ3) is 2.15. The first kappa shape index (κ1) is 12.0. The van der Waals surface area contributed by atoms with Gasteiger partial charge in [0, 0.05) is 12.6 Å². The molecule has 0 saturated heterocycles. The molecule has 0 bridgehead atoms. The Morgan fingerprint density at radius 3 is 2.72 bits per heavy atom. The van der Waals surface area contributed by atoms with Gasteiger partial charge in [0.05, 0.1) is 5.56 Å². The molecule has 1 amide bonds. The zero-order chi connectivity index (χ0) is 13.1. The monoisotopic (exact) mass is 247 g/mol. The van der Waals surface area contributed by atoms with E-state index in [2.05, 4.69) is 5.32 Å². The van der Waals surface area contributed by atoms with Gasteiger partial charge in [-0.2, -0.15) is 0 Å². The number of nitrogens with one attached hydrogen (secondary N) is 1. The maximum Gasteiger partial charge on any atom is 0.251 e. The van der Waals surface area contributed by atoms with E-state index in [1.165, 1.54) is 37.4 Å². The summed E-state index contributed by atoms with van der Waals surface area (Å²) in [5.74, 6) is -0.525. The molecule has 4 nitrogen and oxygen atoms in total. The lowest BCUT2D eigenvalue weighted by molar-refractivity contribution is 0.0962. The molecule has 0 saturated carbocycles. The van der Waals surface area contributed by atoms with Gasteiger partial charge >= 0.3 is 0 Å². The van der Waals surface area contributed by atoms with E-state index in [0.717, 1.165) is 0 Å². The highest BCUT2D eigenvalue weighted by Gasteiger charge is 2.13. The van der Waals surface area contributed by atoms with E-state index >= 15 is 0 Å². The zero-order valence-electron chi connectivity index (χ0n) is 9.57. The van der Waals surface area contributed by atoms with Gasteiger partial charge in [-0.3, -0.25) is 9.59 Å². The van der Waals surface area contributed by atoms with Crippen LogP contribution < -0.4 is 5.32 Å². The SMILES string of the molecule is CNC(=O)c1ccc(F)c(-c2ccc(C=O)o2)c1. The summed E-state index contributed by atoms with van der Waals surface area (Å²) in [6.45, 7) is 0. The molecular formula is C13H10FNO3. The first-order chi connectivity index (χ1) is 8.65. The van der Waals surface area contributed by atoms with Crippen LogP contribution in [0.5, 0.6) is 0 Å². The van der Waals surface area contributed by atoms with Gasteiger partial charge in [-0.25, -0.2) is 4.39 Å². The Kier molecular flexibility index (Phi) is 3.23. The molecule has 5 heteroatoms. The van der Waals surface area contributed by atoms with Crippen LogP contribution in [0.15, 0.2) is 34.7 Å². The van der Waals surface area contributed by atoms with Gasteiger partial charge in [-0.1, -0.05) is 0 Å². The summed E-state index contributed by atoms with van der Waals surface area (Å²) in [5.41, 5.74) is 0.460.